The highest BCUT2D eigenvalue weighted by Crippen LogP contribution is 2.31. The molecule has 7 nitrogen and oxygen atoms in total. The van der Waals surface area contributed by atoms with E-state index in [0.717, 1.165) is 17.7 Å². The van der Waals surface area contributed by atoms with Crippen LogP contribution >= 0.6 is 11.3 Å². The predicted molar refractivity (Wildman–Crippen MR) is 113 cm³/mol. The topological polar surface area (TPSA) is 85.6 Å². The highest BCUT2D eigenvalue weighted by Gasteiger charge is 2.19. The van der Waals surface area contributed by atoms with Crippen LogP contribution in [0.2, 0.25) is 0 Å². The molecule has 0 aliphatic rings. The summed E-state index contributed by atoms with van der Waals surface area (Å²) in [7, 11) is 0. The molecule has 3 aromatic rings. The summed E-state index contributed by atoms with van der Waals surface area (Å²) in [5, 5.41) is 13.5. The normalized spacial score (nSPS) is 10.6. The molecule has 0 saturated heterocycles. The number of carbonyl (C=O) groups is 1. The van der Waals surface area contributed by atoms with Crippen LogP contribution in [0.4, 0.5) is 16.5 Å². The Morgan fingerprint density at radius 3 is 2.59 bits per heavy atom. The van der Waals surface area contributed by atoms with E-state index < -0.39 is 4.92 Å². The first-order chi connectivity index (χ1) is 13.9. The Bertz CT molecular complexity index is 1030. The fourth-order valence-corrected chi connectivity index (χ4v) is 3.68. The maximum atomic E-state index is 12.2. The summed E-state index contributed by atoms with van der Waals surface area (Å²) in [6, 6.07) is 12.5. The Morgan fingerprint density at radius 1 is 1.24 bits per heavy atom. The number of aromatic nitrogens is 1. The molecule has 0 bridgehead atoms. The largest absolute Gasteiger partial charge is 0.480 e. The van der Waals surface area contributed by atoms with Crippen LogP contribution in [0.5, 0.6) is 5.75 Å². The van der Waals surface area contributed by atoms with E-state index in [-0.39, 0.29) is 24.0 Å². The number of nitro benzene ring substituents is 1. The summed E-state index contributed by atoms with van der Waals surface area (Å²) >= 11 is 1.32. The number of hydrogen-bond acceptors (Lipinski definition) is 6. The highest BCUT2D eigenvalue weighted by molar-refractivity contribution is 7.14. The van der Waals surface area contributed by atoms with E-state index in [2.05, 4.69) is 11.9 Å². The fraction of sp³-hybridized carbons (Fsp3) is 0.238. The van der Waals surface area contributed by atoms with Gasteiger partial charge in [-0.1, -0.05) is 25.1 Å². The molecule has 2 aromatic carbocycles. The number of aryl methyl sites for hydroxylation is 2. The third-order valence-corrected chi connectivity index (χ3v) is 5.21. The summed E-state index contributed by atoms with van der Waals surface area (Å²) in [4.78, 5) is 29.0. The van der Waals surface area contributed by atoms with Crippen LogP contribution in [0.25, 0.3) is 0 Å². The second-order valence-corrected chi connectivity index (χ2v) is 7.35. The summed E-state index contributed by atoms with van der Waals surface area (Å²) in [5.74, 6) is 0.0496. The predicted octanol–water partition coefficient (Wildman–Crippen LogP) is 5.19. The minimum Gasteiger partial charge on any atom is -0.480 e. The second-order valence-electron chi connectivity index (χ2n) is 6.51. The third-order valence-electron chi connectivity index (χ3n) is 4.34. The molecular weight excluding hydrogens is 390 g/mol. The van der Waals surface area contributed by atoms with Crippen LogP contribution < -0.4 is 9.64 Å². The van der Waals surface area contributed by atoms with E-state index in [1.807, 2.05) is 31.2 Å². The average molecular weight is 411 g/mol. The van der Waals surface area contributed by atoms with Crippen LogP contribution in [0.1, 0.15) is 30.7 Å². The molecule has 0 aliphatic carbocycles. The maximum Gasteiger partial charge on any atom is 0.310 e. The number of nitrogens with zero attached hydrogens (tertiary/aromatic N) is 3. The monoisotopic (exact) mass is 411 g/mol. The van der Waals surface area contributed by atoms with Crippen molar-refractivity contribution in [1.29, 1.82) is 0 Å². The van der Waals surface area contributed by atoms with Gasteiger partial charge in [0.25, 0.3) is 0 Å². The zero-order chi connectivity index (χ0) is 21.0. The van der Waals surface area contributed by atoms with Crippen molar-refractivity contribution in [1.82, 2.24) is 4.98 Å². The first-order valence-electron chi connectivity index (χ1n) is 9.11. The van der Waals surface area contributed by atoms with E-state index in [1.54, 1.807) is 22.4 Å². The number of anilines is 2. The van der Waals surface area contributed by atoms with Gasteiger partial charge in [0.05, 0.1) is 16.3 Å². The first-order valence-corrected chi connectivity index (χ1v) is 9.99. The zero-order valence-corrected chi connectivity index (χ0v) is 17.2. The van der Waals surface area contributed by atoms with Crippen molar-refractivity contribution in [3.05, 3.63) is 74.8 Å². The van der Waals surface area contributed by atoms with Gasteiger partial charge in [0.15, 0.2) is 10.9 Å². The number of amides is 1. The molecular formula is C21H21N3O4S. The van der Waals surface area contributed by atoms with Crippen LogP contribution in [0.15, 0.2) is 47.8 Å². The highest BCUT2D eigenvalue weighted by atomic mass is 32.1. The lowest BCUT2D eigenvalue weighted by molar-refractivity contribution is -0.386. The third kappa shape index (κ3) is 4.78. The fourth-order valence-electron chi connectivity index (χ4n) is 2.81. The van der Waals surface area contributed by atoms with Gasteiger partial charge in [-0.2, -0.15) is 0 Å². The van der Waals surface area contributed by atoms with Crippen LogP contribution in [-0.2, 0) is 17.8 Å². The summed E-state index contributed by atoms with van der Waals surface area (Å²) in [6.07, 6.45) is 0.921. The van der Waals surface area contributed by atoms with Gasteiger partial charge < -0.3 is 4.74 Å². The summed E-state index contributed by atoms with van der Waals surface area (Å²) < 4.78 is 5.65. The van der Waals surface area contributed by atoms with Gasteiger partial charge in [-0.05, 0) is 42.7 Å². The quantitative estimate of drug-likeness (QED) is 0.395. The lowest BCUT2D eigenvalue weighted by Gasteiger charge is -2.18. The van der Waals surface area contributed by atoms with Gasteiger partial charge in [0, 0.05) is 18.4 Å². The van der Waals surface area contributed by atoms with Gasteiger partial charge in [-0.3, -0.25) is 19.8 Å². The minimum atomic E-state index is -0.474. The molecule has 1 amide bonds. The average Bonchev–Trinajstić information content (AvgIpc) is 3.15. The van der Waals surface area contributed by atoms with E-state index in [0.29, 0.717) is 10.8 Å². The van der Waals surface area contributed by atoms with Gasteiger partial charge in [0.1, 0.15) is 6.61 Å². The van der Waals surface area contributed by atoms with Crippen molar-refractivity contribution in [2.45, 2.75) is 33.8 Å². The van der Waals surface area contributed by atoms with E-state index in [1.165, 1.54) is 29.9 Å². The van der Waals surface area contributed by atoms with Crippen LogP contribution in [-0.4, -0.2) is 15.8 Å². The molecule has 1 heterocycles. The molecule has 0 fully saturated rings. The summed E-state index contributed by atoms with van der Waals surface area (Å²) in [6.45, 7) is 5.47. The molecule has 0 saturated carbocycles. The van der Waals surface area contributed by atoms with Crippen LogP contribution in [0, 0.1) is 17.0 Å². The van der Waals surface area contributed by atoms with E-state index >= 15 is 0 Å². The van der Waals surface area contributed by atoms with Gasteiger partial charge in [-0.25, -0.2) is 4.98 Å². The second kappa shape index (κ2) is 8.83. The molecule has 1 aromatic heterocycles. The van der Waals surface area contributed by atoms with Crippen LogP contribution in [0.3, 0.4) is 0 Å². The number of hydrogen-bond donors (Lipinski definition) is 0. The Kier molecular flexibility index (Phi) is 6.23. The van der Waals surface area contributed by atoms with Crippen molar-refractivity contribution in [3.63, 3.8) is 0 Å². The molecule has 0 radical (unpaired) electrons. The number of ether oxygens (including phenoxy) is 1. The minimum absolute atomic E-state index is 0.0707. The number of nitro groups is 1. The van der Waals surface area contributed by atoms with Crippen molar-refractivity contribution >= 4 is 33.8 Å². The number of thiazole rings is 1. The standard InChI is InChI=1S/C21H21N3O4S/c1-4-16-6-8-18(9-7-16)23(15(3)25)21-22-17(13-29-21)12-28-20-11-14(2)5-10-19(20)24(26)27/h5-11,13H,4,12H2,1-3H3. The lowest BCUT2D eigenvalue weighted by atomic mass is 10.1. The SMILES string of the molecule is CCc1ccc(N(C(C)=O)c2nc(COc3cc(C)ccc3[N+](=O)[O-])cs2)cc1. The molecule has 0 spiro atoms. The van der Waals surface area contributed by atoms with Gasteiger partial charge >= 0.3 is 5.69 Å². The lowest BCUT2D eigenvalue weighted by Crippen LogP contribution is -2.22. The smallest absolute Gasteiger partial charge is 0.310 e. The zero-order valence-electron chi connectivity index (χ0n) is 16.4. The Morgan fingerprint density at radius 2 is 1.97 bits per heavy atom. The summed E-state index contributed by atoms with van der Waals surface area (Å²) in [5.41, 5.74) is 3.29. The molecule has 150 valence electrons. The molecule has 0 atom stereocenters. The number of rotatable bonds is 7. The first kappa shape index (κ1) is 20.5. The van der Waals surface area contributed by atoms with E-state index in [4.69, 9.17) is 4.74 Å². The van der Waals surface area contributed by atoms with Crippen molar-refractivity contribution in [2.75, 3.05) is 4.90 Å². The number of carbonyl (C=O) groups excluding carboxylic acids is 1. The van der Waals surface area contributed by atoms with Gasteiger partial charge in [-0.15, -0.1) is 11.3 Å². The molecule has 3 rings (SSSR count). The van der Waals surface area contributed by atoms with Crippen molar-refractivity contribution < 1.29 is 14.5 Å². The van der Waals surface area contributed by atoms with E-state index in [9.17, 15) is 14.9 Å². The maximum absolute atomic E-state index is 12.2. The Balaban J connectivity index is 1.79. The van der Waals surface area contributed by atoms with Crippen molar-refractivity contribution in [3.8, 4) is 5.75 Å². The molecule has 29 heavy (non-hydrogen) atoms. The van der Waals surface area contributed by atoms with Crippen molar-refractivity contribution in [2.24, 2.45) is 0 Å². The molecule has 8 heteroatoms. The number of benzene rings is 2. The molecule has 0 N–H and O–H groups in total. The Labute approximate surface area is 172 Å². The molecule has 0 unspecified atom stereocenters. The van der Waals surface area contributed by atoms with Gasteiger partial charge in [0.2, 0.25) is 5.91 Å². The molecule has 0 aliphatic heterocycles. The Hall–Kier alpha value is -3.26.